The van der Waals surface area contributed by atoms with Crippen molar-refractivity contribution in [2.75, 3.05) is 4.90 Å². The van der Waals surface area contributed by atoms with E-state index < -0.39 is 0 Å². The van der Waals surface area contributed by atoms with Crippen molar-refractivity contribution in [2.24, 2.45) is 0 Å². The van der Waals surface area contributed by atoms with Gasteiger partial charge in [-0.3, -0.25) is 0 Å². The van der Waals surface area contributed by atoms with Crippen LogP contribution in [0.2, 0.25) is 0 Å². The number of benzene rings is 8. The number of aromatic nitrogens is 2. The molecule has 264 valence electrons. The van der Waals surface area contributed by atoms with Crippen LogP contribution < -0.4 is 4.90 Å². The summed E-state index contributed by atoms with van der Waals surface area (Å²) >= 11 is 0. The number of nitrogens with zero attached hydrogens (tertiary/aromatic N) is 3. The second kappa shape index (κ2) is 14.4. The SMILES string of the molecule is c1ccc(-c2ccc(N(c3cccc(-c4ccccc4)c3)c3c(-c4ccccc4)n4nc(-c5ccccc5)c(-c5ccccc5)c4c4ccccc34)cc2)cc1. The fourth-order valence-corrected chi connectivity index (χ4v) is 8.01. The van der Waals surface area contributed by atoms with E-state index in [1.807, 2.05) is 0 Å². The summed E-state index contributed by atoms with van der Waals surface area (Å²) in [6.45, 7) is 0. The smallest absolute Gasteiger partial charge is 0.101 e. The lowest BCUT2D eigenvalue weighted by molar-refractivity contribution is 0.976. The quantitative estimate of drug-likeness (QED) is 0.156. The van der Waals surface area contributed by atoms with Gasteiger partial charge in [0, 0.05) is 38.8 Å². The van der Waals surface area contributed by atoms with E-state index in [1.165, 1.54) is 16.7 Å². The van der Waals surface area contributed by atoms with Crippen molar-refractivity contribution >= 4 is 33.4 Å². The van der Waals surface area contributed by atoms with Gasteiger partial charge in [0.2, 0.25) is 0 Å². The molecule has 2 aromatic heterocycles. The Morgan fingerprint density at radius 3 is 1.41 bits per heavy atom. The lowest BCUT2D eigenvalue weighted by atomic mass is 9.95. The van der Waals surface area contributed by atoms with Gasteiger partial charge in [-0.2, -0.15) is 5.10 Å². The first kappa shape index (κ1) is 33.1. The summed E-state index contributed by atoms with van der Waals surface area (Å²) in [5, 5.41) is 7.88. The standard InChI is InChI=1S/C53H37N3/c1-6-19-38(20-7-1)40-33-35-45(36-34-40)55(46-30-18-29-44(37-46)39-21-8-2-9-22-39)53-48-32-17-16-31-47(48)52-49(41-23-10-3-11-24-41)50(42-25-12-4-13-26-42)54-56(52)51(53)43-27-14-5-15-28-43/h1-37H. The Labute approximate surface area is 327 Å². The van der Waals surface area contributed by atoms with Crippen molar-refractivity contribution < 1.29 is 0 Å². The summed E-state index contributed by atoms with van der Waals surface area (Å²) in [6.07, 6.45) is 0. The summed E-state index contributed by atoms with van der Waals surface area (Å²) < 4.78 is 2.21. The molecule has 0 aliphatic carbocycles. The highest BCUT2D eigenvalue weighted by molar-refractivity contribution is 6.15. The molecule has 3 heteroatoms. The van der Waals surface area contributed by atoms with Crippen molar-refractivity contribution in [3.63, 3.8) is 0 Å². The van der Waals surface area contributed by atoms with Gasteiger partial charge in [-0.15, -0.1) is 0 Å². The van der Waals surface area contributed by atoms with Gasteiger partial charge in [0.15, 0.2) is 0 Å². The second-order valence-corrected chi connectivity index (χ2v) is 14.0. The van der Waals surface area contributed by atoms with Crippen molar-refractivity contribution in [1.82, 2.24) is 9.61 Å². The van der Waals surface area contributed by atoms with Crippen molar-refractivity contribution in [3.05, 3.63) is 224 Å². The highest BCUT2D eigenvalue weighted by atomic mass is 15.3. The molecule has 0 saturated heterocycles. The number of pyridine rings is 1. The molecule has 0 aliphatic rings. The maximum Gasteiger partial charge on any atom is 0.101 e. The molecular weight excluding hydrogens is 679 g/mol. The third-order valence-electron chi connectivity index (χ3n) is 10.6. The molecule has 0 unspecified atom stereocenters. The number of rotatable bonds is 8. The van der Waals surface area contributed by atoms with Crippen LogP contribution in [-0.2, 0) is 0 Å². The Kier molecular flexibility index (Phi) is 8.51. The Bertz CT molecular complexity index is 2920. The molecule has 0 bridgehead atoms. The molecule has 0 atom stereocenters. The number of fused-ring (bicyclic) bond motifs is 3. The minimum Gasteiger partial charge on any atom is -0.308 e. The Balaban J connectivity index is 1.34. The minimum absolute atomic E-state index is 0.945. The van der Waals surface area contributed by atoms with Crippen LogP contribution >= 0.6 is 0 Å². The van der Waals surface area contributed by atoms with E-state index in [4.69, 9.17) is 5.10 Å². The van der Waals surface area contributed by atoms with Crippen LogP contribution in [0.25, 0.3) is 72.2 Å². The summed E-state index contributed by atoms with van der Waals surface area (Å²) in [4.78, 5) is 2.43. The molecule has 0 radical (unpaired) electrons. The summed E-state index contributed by atoms with van der Waals surface area (Å²) in [5.41, 5.74) is 15.3. The normalized spacial score (nSPS) is 11.2. The average molecular weight is 716 g/mol. The maximum absolute atomic E-state index is 5.63. The Morgan fingerprint density at radius 2 is 0.804 bits per heavy atom. The molecule has 10 rings (SSSR count). The predicted octanol–water partition coefficient (Wildman–Crippen LogP) is 14.3. The Morgan fingerprint density at radius 1 is 0.339 bits per heavy atom. The second-order valence-electron chi connectivity index (χ2n) is 14.0. The molecule has 0 fully saturated rings. The van der Waals surface area contributed by atoms with Crippen LogP contribution in [0.5, 0.6) is 0 Å². The number of hydrogen-bond donors (Lipinski definition) is 0. The molecule has 3 nitrogen and oxygen atoms in total. The first-order valence-corrected chi connectivity index (χ1v) is 19.1. The third-order valence-corrected chi connectivity index (χ3v) is 10.6. The zero-order valence-corrected chi connectivity index (χ0v) is 30.7. The summed E-state index contributed by atoms with van der Waals surface area (Å²) in [6, 6.07) is 79.9. The molecule has 10 aromatic rings. The topological polar surface area (TPSA) is 20.5 Å². The zero-order chi connectivity index (χ0) is 37.3. The molecule has 0 spiro atoms. The van der Waals surface area contributed by atoms with E-state index >= 15 is 0 Å². The van der Waals surface area contributed by atoms with Gasteiger partial charge < -0.3 is 4.90 Å². The predicted molar refractivity (Wildman–Crippen MR) is 235 cm³/mol. The van der Waals surface area contributed by atoms with Crippen LogP contribution in [0.3, 0.4) is 0 Å². The zero-order valence-electron chi connectivity index (χ0n) is 30.7. The summed E-state index contributed by atoms with van der Waals surface area (Å²) in [5.74, 6) is 0. The van der Waals surface area contributed by atoms with Gasteiger partial charge in [0.05, 0.1) is 16.9 Å². The molecule has 0 aliphatic heterocycles. The largest absolute Gasteiger partial charge is 0.308 e. The molecular formula is C53H37N3. The van der Waals surface area contributed by atoms with E-state index in [2.05, 4.69) is 234 Å². The van der Waals surface area contributed by atoms with Gasteiger partial charge in [0.25, 0.3) is 0 Å². The number of hydrogen-bond acceptors (Lipinski definition) is 2. The van der Waals surface area contributed by atoms with Gasteiger partial charge in [-0.25, -0.2) is 4.52 Å². The van der Waals surface area contributed by atoms with E-state index in [9.17, 15) is 0 Å². The van der Waals surface area contributed by atoms with Crippen molar-refractivity contribution in [2.45, 2.75) is 0 Å². The molecule has 56 heavy (non-hydrogen) atoms. The van der Waals surface area contributed by atoms with Gasteiger partial charge in [-0.05, 0) is 52.1 Å². The first-order valence-electron chi connectivity index (χ1n) is 19.1. The Hall–Kier alpha value is -7.49. The fraction of sp³-hybridized carbons (Fsp3) is 0. The van der Waals surface area contributed by atoms with Gasteiger partial charge in [-0.1, -0.05) is 200 Å². The molecule has 8 aromatic carbocycles. The third kappa shape index (κ3) is 5.92. The minimum atomic E-state index is 0.945. The maximum atomic E-state index is 5.63. The van der Waals surface area contributed by atoms with Crippen LogP contribution in [0.15, 0.2) is 224 Å². The van der Waals surface area contributed by atoms with Gasteiger partial charge >= 0.3 is 0 Å². The van der Waals surface area contributed by atoms with E-state index in [0.717, 1.165) is 72.6 Å². The fourth-order valence-electron chi connectivity index (χ4n) is 8.01. The first-order chi connectivity index (χ1) is 27.8. The molecule has 0 amide bonds. The highest BCUT2D eigenvalue weighted by Crippen LogP contribution is 2.49. The average Bonchev–Trinajstić information content (AvgIpc) is 3.69. The van der Waals surface area contributed by atoms with Crippen LogP contribution in [0, 0.1) is 0 Å². The molecule has 0 saturated carbocycles. The lowest BCUT2D eigenvalue weighted by Crippen LogP contribution is -2.14. The number of anilines is 3. The lowest BCUT2D eigenvalue weighted by Gasteiger charge is -2.30. The van der Waals surface area contributed by atoms with E-state index in [-0.39, 0.29) is 0 Å². The van der Waals surface area contributed by atoms with E-state index in [0.29, 0.717) is 0 Å². The monoisotopic (exact) mass is 715 g/mol. The molecule has 0 N–H and O–H groups in total. The van der Waals surface area contributed by atoms with Crippen molar-refractivity contribution in [3.8, 4) is 55.9 Å². The van der Waals surface area contributed by atoms with Crippen molar-refractivity contribution in [1.29, 1.82) is 0 Å². The van der Waals surface area contributed by atoms with Gasteiger partial charge in [0.1, 0.15) is 5.69 Å². The highest BCUT2D eigenvalue weighted by Gasteiger charge is 2.28. The van der Waals surface area contributed by atoms with Crippen LogP contribution in [0.1, 0.15) is 0 Å². The van der Waals surface area contributed by atoms with Crippen LogP contribution in [0.4, 0.5) is 17.1 Å². The molecule has 2 heterocycles. The van der Waals surface area contributed by atoms with E-state index in [1.54, 1.807) is 0 Å². The summed E-state index contributed by atoms with van der Waals surface area (Å²) in [7, 11) is 0. The van der Waals surface area contributed by atoms with Crippen LogP contribution in [-0.4, -0.2) is 9.61 Å².